The van der Waals surface area contributed by atoms with Crippen molar-refractivity contribution in [1.29, 1.82) is 0 Å². The summed E-state index contributed by atoms with van der Waals surface area (Å²) in [5.74, 6) is 0. The highest BCUT2D eigenvalue weighted by Gasteiger charge is 2.10. The van der Waals surface area contributed by atoms with Gasteiger partial charge in [-0.1, -0.05) is 6.07 Å². The van der Waals surface area contributed by atoms with E-state index in [1.54, 1.807) is 23.9 Å². The molecule has 0 aromatic heterocycles. The zero-order chi connectivity index (χ0) is 6.97. The van der Waals surface area contributed by atoms with Gasteiger partial charge in [-0.05, 0) is 48.5 Å². The van der Waals surface area contributed by atoms with E-state index in [9.17, 15) is 0 Å². The Kier molecular flexibility index (Phi) is 1.64. The SMILES string of the molecule is Cc1ccc2c(c1)SNS2. The third-order valence-electron chi connectivity index (χ3n) is 1.40. The molecule has 1 aromatic carbocycles. The van der Waals surface area contributed by atoms with Crippen LogP contribution in [0.3, 0.4) is 0 Å². The first kappa shape index (κ1) is 6.58. The summed E-state index contributed by atoms with van der Waals surface area (Å²) in [5.41, 5.74) is 1.33. The predicted molar refractivity (Wildman–Crippen MR) is 46.0 cm³/mol. The molecule has 1 heterocycles. The number of fused-ring (bicyclic) bond motifs is 1. The first-order valence-electron chi connectivity index (χ1n) is 3.05. The molecule has 52 valence electrons. The van der Waals surface area contributed by atoms with Crippen molar-refractivity contribution in [2.45, 2.75) is 16.7 Å². The zero-order valence-electron chi connectivity index (χ0n) is 5.55. The van der Waals surface area contributed by atoms with Crippen LogP contribution < -0.4 is 4.13 Å². The van der Waals surface area contributed by atoms with Crippen LogP contribution in [0, 0.1) is 6.92 Å². The fourth-order valence-corrected chi connectivity index (χ4v) is 2.73. The van der Waals surface area contributed by atoms with Crippen molar-refractivity contribution in [1.82, 2.24) is 4.13 Å². The molecule has 1 aliphatic rings. The molecular formula is C7H7NS2. The van der Waals surface area contributed by atoms with Crippen molar-refractivity contribution < 1.29 is 0 Å². The van der Waals surface area contributed by atoms with E-state index in [1.165, 1.54) is 15.4 Å². The highest BCUT2D eigenvalue weighted by Crippen LogP contribution is 2.36. The fourth-order valence-electron chi connectivity index (χ4n) is 0.890. The Balaban J connectivity index is 2.52. The van der Waals surface area contributed by atoms with Gasteiger partial charge in [0.2, 0.25) is 0 Å². The Morgan fingerprint density at radius 3 is 2.90 bits per heavy atom. The maximum atomic E-state index is 3.15. The standard InChI is InChI=1S/C7H7NS2/c1-5-2-3-6-7(4-5)10-8-9-6/h2-4,8H,1H3. The van der Waals surface area contributed by atoms with Gasteiger partial charge in [0.15, 0.2) is 0 Å². The van der Waals surface area contributed by atoms with Crippen LogP contribution >= 0.6 is 23.9 Å². The van der Waals surface area contributed by atoms with Gasteiger partial charge in [0.1, 0.15) is 0 Å². The predicted octanol–water partition coefficient (Wildman–Crippen LogP) is 2.61. The number of hydrogen-bond donors (Lipinski definition) is 1. The summed E-state index contributed by atoms with van der Waals surface area (Å²) in [7, 11) is 0. The van der Waals surface area contributed by atoms with Crippen LogP contribution in [0.25, 0.3) is 0 Å². The number of aryl methyl sites for hydroxylation is 1. The summed E-state index contributed by atoms with van der Waals surface area (Å²) in [6, 6.07) is 6.49. The van der Waals surface area contributed by atoms with Crippen molar-refractivity contribution in [2.24, 2.45) is 0 Å². The summed E-state index contributed by atoms with van der Waals surface area (Å²) in [4.78, 5) is 2.70. The van der Waals surface area contributed by atoms with Gasteiger partial charge in [0.25, 0.3) is 0 Å². The van der Waals surface area contributed by atoms with Gasteiger partial charge in [-0.2, -0.15) is 4.13 Å². The second kappa shape index (κ2) is 2.49. The molecule has 1 nitrogen and oxygen atoms in total. The van der Waals surface area contributed by atoms with Gasteiger partial charge >= 0.3 is 0 Å². The lowest BCUT2D eigenvalue weighted by Gasteiger charge is -1.94. The van der Waals surface area contributed by atoms with E-state index in [1.807, 2.05) is 0 Å². The third-order valence-corrected chi connectivity index (χ3v) is 3.33. The molecule has 0 spiro atoms. The van der Waals surface area contributed by atoms with E-state index >= 15 is 0 Å². The van der Waals surface area contributed by atoms with Crippen LogP contribution in [-0.2, 0) is 0 Å². The minimum Gasteiger partial charge on any atom is -0.199 e. The van der Waals surface area contributed by atoms with Crippen molar-refractivity contribution in [3.8, 4) is 0 Å². The molecule has 0 bridgehead atoms. The summed E-state index contributed by atoms with van der Waals surface area (Å²) >= 11 is 3.38. The highest BCUT2D eigenvalue weighted by molar-refractivity contribution is 8.15. The Labute approximate surface area is 68.9 Å². The van der Waals surface area contributed by atoms with Gasteiger partial charge < -0.3 is 0 Å². The number of hydrogen-bond acceptors (Lipinski definition) is 3. The minimum absolute atomic E-state index is 1.33. The second-order valence-corrected chi connectivity index (χ2v) is 4.19. The molecule has 0 saturated heterocycles. The van der Waals surface area contributed by atoms with Gasteiger partial charge in [-0.25, -0.2) is 0 Å². The average Bonchev–Trinajstić information content (AvgIpc) is 2.33. The van der Waals surface area contributed by atoms with Crippen molar-refractivity contribution in [3.63, 3.8) is 0 Å². The number of benzene rings is 1. The highest BCUT2D eigenvalue weighted by atomic mass is 32.2. The van der Waals surface area contributed by atoms with Gasteiger partial charge in [0, 0.05) is 9.79 Å². The van der Waals surface area contributed by atoms with Crippen molar-refractivity contribution >= 4 is 23.9 Å². The smallest absolute Gasteiger partial charge is 0.0388 e. The lowest BCUT2D eigenvalue weighted by atomic mass is 10.2. The Hall–Kier alpha value is -0.120. The quantitative estimate of drug-likeness (QED) is 0.600. The molecule has 1 aliphatic heterocycles. The monoisotopic (exact) mass is 169 g/mol. The van der Waals surface area contributed by atoms with Crippen LogP contribution in [0.5, 0.6) is 0 Å². The number of rotatable bonds is 0. The molecule has 10 heavy (non-hydrogen) atoms. The van der Waals surface area contributed by atoms with Gasteiger partial charge in [0.05, 0.1) is 0 Å². The topological polar surface area (TPSA) is 12.0 Å². The first-order valence-corrected chi connectivity index (χ1v) is 4.69. The van der Waals surface area contributed by atoms with Crippen LogP contribution in [-0.4, -0.2) is 0 Å². The van der Waals surface area contributed by atoms with E-state index in [0.717, 1.165) is 0 Å². The number of nitrogens with one attached hydrogen (secondary N) is 1. The molecule has 0 atom stereocenters. The molecule has 0 amide bonds. The Bertz CT molecular complexity index is 260. The maximum Gasteiger partial charge on any atom is 0.0388 e. The van der Waals surface area contributed by atoms with E-state index < -0.39 is 0 Å². The lowest BCUT2D eigenvalue weighted by molar-refractivity contribution is 1.23. The molecule has 0 radical (unpaired) electrons. The van der Waals surface area contributed by atoms with Gasteiger partial charge in [-0.3, -0.25) is 0 Å². The zero-order valence-corrected chi connectivity index (χ0v) is 7.18. The van der Waals surface area contributed by atoms with Crippen LogP contribution in [0.1, 0.15) is 5.56 Å². The average molecular weight is 169 g/mol. The van der Waals surface area contributed by atoms with Crippen LogP contribution in [0.2, 0.25) is 0 Å². The molecule has 2 rings (SSSR count). The maximum absolute atomic E-state index is 3.15. The molecule has 1 N–H and O–H groups in total. The Morgan fingerprint density at radius 2 is 2.00 bits per heavy atom. The van der Waals surface area contributed by atoms with Crippen LogP contribution in [0.15, 0.2) is 28.0 Å². The molecular weight excluding hydrogens is 162 g/mol. The fraction of sp³-hybridized carbons (Fsp3) is 0.143. The molecule has 0 unspecified atom stereocenters. The van der Waals surface area contributed by atoms with Crippen LogP contribution in [0.4, 0.5) is 0 Å². The summed E-state index contributed by atoms with van der Waals surface area (Å²) < 4.78 is 3.15. The van der Waals surface area contributed by atoms with Crippen molar-refractivity contribution in [2.75, 3.05) is 0 Å². The molecule has 0 fully saturated rings. The third kappa shape index (κ3) is 1.05. The van der Waals surface area contributed by atoms with Gasteiger partial charge in [-0.15, -0.1) is 0 Å². The molecule has 0 aliphatic carbocycles. The molecule has 3 heteroatoms. The summed E-state index contributed by atoms with van der Waals surface area (Å²) in [5, 5.41) is 0. The largest absolute Gasteiger partial charge is 0.199 e. The normalized spacial score (nSPS) is 15.3. The van der Waals surface area contributed by atoms with E-state index in [0.29, 0.717) is 0 Å². The lowest BCUT2D eigenvalue weighted by Crippen LogP contribution is -1.74. The first-order chi connectivity index (χ1) is 4.86. The molecule has 0 saturated carbocycles. The minimum atomic E-state index is 1.33. The summed E-state index contributed by atoms with van der Waals surface area (Å²) in [6.45, 7) is 2.11. The van der Waals surface area contributed by atoms with E-state index in [4.69, 9.17) is 0 Å². The van der Waals surface area contributed by atoms with E-state index in [-0.39, 0.29) is 0 Å². The summed E-state index contributed by atoms with van der Waals surface area (Å²) in [6.07, 6.45) is 0. The van der Waals surface area contributed by atoms with E-state index in [2.05, 4.69) is 29.3 Å². The molecule has 1 aromatic rings. The Morgan fingerprint density at radius 1 is 1.20 bits per heavy atom. The second-order valence-electron chi connectivity index (χ2n) is 2.24. The van der Waals surface area contributed by atoms with Crippen molar-refractivity contribution in [3.05, 3.63) is 23.8 Å².